The second kappa shape index (κ2) is 7.24. The maximum Gasteiger partial charge on any atom is 0.240 e. The smallest absolute Gasteiger partial charge is 0.240 e. The summed E-state index contributed by atoms with van der Waals surface area (Å²) in [7, 11) is 0. The van der Waals surface area contributed by atoms with Crippen molar-refractivity contribution in [2.45, 2.75) is 52.6 Å². The third kappa shape index (κ3) is 3.82. The number of hydrogen-bond donors (Lipinski definition) is 1. The first-order valence-corrected chi connectivity index (χ1v) is 5.95. The van der Waals surface area contributed by atoms with Gasteiger partial charge >= 0.3 is 0 Å². The van der Waals surface area contributed by atoms with Crippen molar-refractivity contribution in [3.05, 3.63) is 0 Å². The van der Waals surface area contributed by atoms with E-state index in [2.05, 4.69) is 6.07 Å². The van der Waals surface area contributed by atoms with Crippen LogP contribution < -0.4 is 5.73 Å². The molecule has 0 spiro atoms. The summed E-state index contributed by atoms with van der Waals surface area (Å²) in [6, 6.07) is 1.20. The van der Waals surface area contributed by atoms with Gasteiger partial charge in [0.25, 0.3) is 0 Å². The average Bonchev–Trinajstić information content (AvgIpc) is 2.32. The van der Waals surface area contributed by atoms with Crippen molar-refractivity contribution in [3.8, 4) is 6.07 Å². The minimum absolute atomic E-state index is 0.106. The van der Waals surface area contributed by atoms with Crippen LogP contribution in [0.4, 0.5) is 0 Å². The van der Waals surface area contributed by atoms with Crippen LogP contribution in [0.25, 0.3) is 0 Å². The van der Waals surface area contributed by atoms with E-state index < -0.39 is 12.1 Å². The van der Waals surface area contributed by atoms with Gasteiger partial charge in [-0.05, 0) is 19.3 Å². The predicted molar refractivity (Wildman–Crippen MR) is 64.5 cm³/mol. The summed E-state index contributed by atoms with van der Waals surface area (Å²) in [5.74, 6) is 0.0444. The van der Waals surface area contributed by atoms with Gasteiger partial charge in [0, 0.05) is 6.54 Å². The van der Waals surface area contributed by atoms with E-state index >= 15 is 0 Å². The van der Waals surface area contributed by atoms with E-state index in [1.165, 1.54) is 0 Å². The average molecular weight is 225 g/mol. The third-order valence-electron chi connectivity index (χ3n) is 2.94. The Morgan fingerprint density at radius 2 is 2.00 bits per heavy atom. The molecule has 0 bridgehead atoms. The minimum Gasteiger partial charge on any atom is -0.326 e. The normalized spacial score (nSPS) is 16.0. The molecule has 0 aromatic rings. The summed E-state index contributed by atoms with van der Waals surface area (Å²) in [4.78, 5) is 13.7. The van der Waals surface area contributed by atoms with Crippen molar-refractivity contribution in [3.63, 3.8) is 0 Å². The highest BCUT2D eigenvalue weighted by molar-refractivity contribution is 5.82. The van der Waals surface area contributed by atoms with Crippen LogP contribution >= 0.6 is 0 Å². The largest absolute Gasteiger partial charge is 0.326 e. The van der Waals surface area contributed by atoms with Crippen LogP contribution in [-0.4, -0.2) is 29.4 Å². The fourth-order valence-corrected chi connectivity index (χ4v) is 1.49. The highest BCUT2D eigenvalue weighted by Gasteiger charge is 2.27. The maximum atomic E-state index is 12.1. The Morgan fingerprint density at radius 3 is 2.38 bits per heavy atom. The van der Waals surface area contributed by atoms with Crippen LogP contribution in [0.3, 0.4) is 0 Å². The number of hydrogen-bond acceptors (Lipinski definition) is 3. The molecule has 4 nitrogen and oxygen atoms in total. The lowest BCUT2D eigenvalue weighted by atomic mass is 9.98. The van der Waals surface area contributed by atoms with E-state index in [0.29, 0.717) is 6.54 Å². The molecule has 0 aliphatic carbocycles. The van der Waals surface area contributed by atoms with Gasteiger partial charge in [0.15, 0.2) is 0 Å². The monoisotopic (exact) mass is 225 g/mol. The number of amides is 1. The zero-order valence-electron chi connectivity index (χ0n) is 10.7. The van der Waals surface area contributed by atoms with Crippen molar-refractivity contribution < 1.29 is 4.79 Å². The summed E-state index contributed by atoms with van der Waals surface area (Å²) in [6.07, 6.45) is 1.71. The number of nitrogens with two attached hydrogens (primary N) is 1. The first-order valence-electron chi connectivity index (χ1n) is 5.95. The lowest BCUT2D eigenvalue weighted by Crippen LogP contribution is -2.50. The molecule has 0 heterocycles. The Labute approximate surface area is 98.4 Å². The van der Waals surface area contributed by atoms with Gasteiger partial charge in [0.1, 0.15) is 6.04 Å². The fraction of sp³-hybridized carbons (Fsp3) is 0.833. The van der Waals surface area contributed by atoms with Gasteiger partial charge in [0.2, 0.25) is 5.91 Å². The molecule has 0 rings (SSSR count). The quantitative estimate of drug-likeness (QED) is 0.745. The number of carbonyl (C=O) groups excluding carboxylic acids is 1. The topological polar surface area (TPSA) is 70.1 Å². The molecule has 4 heteroatoms. The summed E-state index contributed by atoms with van der Waals surface area (Å²) in [5.41, 5.74) is 5.89. The van der Waals surface area contributed by atoms with Crippen molar-refractivity contribution in [1.82, 2.24) is 4.90 Å². The van der Waals surface area contributed by atoms with Gasteiger partial charge in [0.05, 0.1) is 12.1 Å². The third-order valence-corrected chi connectivity index (χ3v) is 2.94. The van der Waals surface area contributed by atoms with Crippen molar-refractivity contribution >= 4 is 5.91 Å². The molecular formula is C12H23N3O. The summed E-state index contributed by atoms with van der Waals surface area (Å²) < 4.78 is 0. The van der Waals surface area contributed by atoms with Crippen LogP contribution in [0.1, 0.15) is 40.5 Å². The number of nitriles is 1. The SMILES string of the molecule is CCCN(C(=O)C(N)C(C)CC)[C@@H](C)C#N. The molecule has 0 fully saturated rings. The van der Waals surface area contributed by atoms with Gasteiger partial charge in [-0.15, -0.1) is 0 Å². The van der Waals surface area contributed by atoms with Gasteiger partial charge < -0.3 is 10.6 Å². The van der Waals surface area contributed by atoms with Gasteiger partial charge in [-0.1, -0.05) is 27.2 Å². The molecular weight excluding hydrogens is 202 g/mol. The molecule has 0 aromatic heterocycles. The maximum absolute atomic E-state index is 12.1. The van der Waals surface area contributed by atoms with Crippen LogP contribution in [0.15, 0.2) is 0 Å². The fourth-order valence-electron chi connectivity index (χ4n) is 1.49. The number of rotatable bonds is 6. The van der Waals surface area contributed by atoms with Crippen LogP contribution in [0, 0.1) is 17.2 Å². The molecule has 0 saturated heterocycles. The first-order chi connectivity index (χ1) is 7.49. The molecule has 3 atom stereocenters. The molecule has 0 saturated carbocycles. The second-order valence-electron chi connectivity index (χ2n) is 4.25. The van der Waals surface area contributed by atoms with Gasteiger partial charge in [-0.2, -0.15) is 5.26 Å². The van der Waals surface area contributed by atoms with E-state index in [4.69, 9.17) is 11.0 Å². The van der Waals surface area contributed by atoms with Gasteiger partial charge in [-0.25, -0.2) is 0 Å². The Balaban J connectivity index is 4.68. The Bertz CT molecular complexity index is 259. The molecule has 2 unspecified atom stereocenters. The Kier molecular flexibility index (Phi) is 6.75. The summed E-state index contributed by atoms with van der Waals surface area (Å²) in [5, 5.41) is 8.87. The molecule has 0 radical (unpaired) electrons. The Morgan fingerprint density at radius 1 is 1.44 bits per heavy atom. The van der Waals surface area contributed by atoms with Crippen LogP contribution in [-0.2, 0) is 4.79 Å². The molecule has 0 aliphatic rings. The van der Waals surface area contributed by atoms with Crippen LogP contribution in [0.2, 0.25) is 0 Å². The minimum atomic E-state index is -0.493. The van der Waals surface area contributed by atoms with Crippen molar-refractivity contribution in [1.29, 1.82) is 5.26 Å². The van der Waals surface area contributed by atoms with Crippen LogP contribution in [0.5, 0.6) is 0 Å². The molecule has 16 heavy (non-hydrogen) atoms. The summed E-state index contributed by atoms with van der Waals surface area (Å²) >= 11 is 0. The van der Waals surface area contributed by atoms with E-state index in [-0.39, 0.29) is 11.8 Å². The zero-order valence-corrected chi connectivity index (χ0v) is 10.7. The van der Waals surface area contributed by atoms with Gasteiger partial charge in [-0.3, -0.25) is 4.79 Å². The first kappa shape index (κ1) is 14.9. The molecule has 2 N–H and O–H groups in total. The second-order valence-corrected chi connectivity index (χ2v) is 4.25. The van der Waals surface area contributed by atoms with Crippen molar-refractivity contribution in [2.24, 2.45) is 11.7 Å². The highest BCUT2D eigenvalue weighted by Crippen LogP contribution is 2.11. The lowest BCUT2D eigenvalue weighted by Gasteiger charge is -2.29. The van der Waals surface area contributed by atoms with Crippen molar-refractivity contribution in [2.75, 3.05) is 6.54 Å². The Hall–Kier alpha value is -1.08. The molecule has 0 aromatic carbocycles. The molecule has 1 amide bonds. The molecule has 0 aliphatic heterocycles. The predicted octanol–water partition coefficient (Wildman–Crippen LogP) is 1.51. The molecule has 92 valence electrons. The highest BCUT2D eigenvalue weighted by atomic mass is 16.2. The van der Waals surface area contributed by atoms with E-state index in [9.17, 15) is 4.79 Å². The van der Waals surface area contributed by atoms with E-state index in [1.54, 1.807) is 11.8 Å². The number of nitrogens with zero attached hydrogens (tertiary/aromatic N) is 2. The standard InChI is InChI=1S/C12H23N3O/c1-5-7-15(10(4)8-13)12(16)11(14)9(3)6-2/h9-11H,5-7,14H2,1-4H3/t9?,10-,11?/m0/s1. The number of carbonyl (C=O) groups is 1. The summed E-state index contributed by atoms with van der Waals surface area (Å²) in [6.45, 7) is 8.28. The van der Waals surface area contributed by atoms with E-state index in [0.717, 1.165) is 12.8 Å². The van der Waals surface area contributed by atoms with E-state index in [1.807, 2.05) is 20.8 Å². The zero-order chi connectivity index (χ0) is 12.7. The lowest BCUT2D eigenvalue weighted by molar-refractivity contribution is -0.134.